The van der Waals surface area contributed by atoms with E-state index < -0.39 is 10.0 Å². The zero-order chi connectivity index (χ0) is 14.8. The minimum atomic E-state index is -3.55. The average molecular weight is 375 g/mol. The van der Waals surface area contributed by atoms with Crippen molar-refractivity contribution < 1.29 is 8.42 Å². The molecule has 0 aliphatic carbocycles. The van der Waals surface area contributed by atoms with E-state index in [4.69, 9.17) is 5.73 Å². The highest BCUT2D eigenvalue weighted by atomic mass is 79.9. The SMILES string of the molecule is Cc1ccc(NS(=O)(=O)c2ccc(CCN)s2)c(Br)c1. The highest BCUT2D eigenvalue weighted by Crippen LogP contribution is 2.28. The van der Waals surface area contributed by atoms with Gasteiger partial charge in [-0.25, -0.2) is 8.42 Å². The largest absolute Gasteiger partial charge is 0.330 e. The number of benzene rings is 1. The van der Waals surface area contributed by atoms with E-state index in [0.29, 0.717) is 22.9 Å². The summed E-state index contributed by atoms with van der Waals surface area (Å²) >= 11 is 4.61. The van der Waals surface area contributed by atoms with Gasteiger partial charge in [-0.1, -0.05) is 6.07 Å². The van der Waals surface area contributed by atoms with Gasteiger partial charge in [-0.15, -0.1) is 11.3 Å². The Hall–Kier alpha value is -0.890. The van der Waals surface area contributed by atoms with Crippen LogP contribution in [0.2, 0.25) is 0 Å². The lowest BCUT2D eigenvalue weighted by Gasteiger charge is -2.08. The molecule has 0 aliphatic rings. The standard InChI is InChI=1S/C13H15BrN2O2S2/c1-9-2-4-12(11(14)8-9)16-20(17,18)13-5-3-10(19-13)6-7-15/h2-5,8,16H,6-7,15H2,1H3. The van der Waals surface area contributed by atoms with Gasteiger partial charge in [0.05, 0.1) is 5.69 Å². The monoisotopic (exact) mass is 374 g/mol. The summed E-state index contributed by atoms with van der Waals surface area (Å²) in [5.74, 6) is 0. The Bertz CT molecular complexity index is 711. The molecule has 0 amide bonds. The first-order valence-corrected chi connectivity index (χ1v) is 9.09. The van der Waals surface area contributed by atoms with Crippen molar-refractivity contribution in [3.05, 3.63) is 45.2 Å². The molecule has 1 aromatic heterocycles. The fourth-order valence-corrected chi connectivity index (χ4v) is 4.85. The molecule has 0 saturated carbocycles. The maximum Gasteiger partial charge on any atom is 0.271 e. The van der Waals surface area contributed by atoms with Gasteiger partial charge in [0.25, 0.3) is 10.0 Å². The molecule has 0 saturated heterocycles. The lowest BCUT2D eigenvalue weighted by Crippen LogP contribution is -2.11. The topological polar surface area (TPSA) is 72.2 Å². The van der Waals surface area contributed by atoms with E-state index in [0.717, 1.165) is 14.9 Å². The number of thiophene rings is 1. The molecular weight excluding hydrogens is 360 g/mol. The molecule has 0 atom stereocenters. The summed E-state index contributed by atoms with van der Waals surface area (Å²) in [6.45, 7) is 2.46. The molecule has 7 heteroatoms. The van der Waals surface area contributed by atoms with Crippen molar-refractivity contribution in [2.24, 2.45) is 5.73 Å². The van der Waals surface area contributed by atoms with Gasteiger partial charge in [-0.3, -0.25) is 4.72 Å². The smallest absolute Gasteiger partial charge is 0.271 e. The quantitative estimate of drug-likeness (QED) is 0.844. The molecular formula is C13H15BrN2O2S2. The van der Waals surface area contributed by atoms with Gasteiger partial charge < -0.3 is 5.73 Å². The fraction of sp³-hybridized carbons (Fsp3) is 0.231. The fourth-order valence-electron chi connectivity index (χ4n) is 1.68. The van der Waals surface area contributed by atoms with Gasteiger partial charge in [0.1, 0.15) is 4.21 Å². The Balaban J connectivity index is 2.26. The van der Waals surface area contributed by atoms with Crippen LogP contribution in [0.4, 0.5) is 5.69 Å². The molecule has 0 bridgehead atoms. The molecule has 1 heterocycles. The van der Waals surface area contributed by atoms with E-state index in [1.165, 1.54) is 11.3 Å². The second-order valence-electron chi connectivity index (χ2n) is 4.35. The van der Waals surface area contributed by atoms with Gasteiger partial charge in [-0.2, -0.15) is 0 Å². The predicted octanol–water partition coefficient (Wildman–Crippen LogP) is 3.12. The van der Waals surface area contributed by atoms with E-state index in [1.54, 1.807) is 18.2 Å². The Morgan fingerprint density at radius 2 is 2.05 bits per heavy atom. The summed E-state index contributed by atoms with van der Waals surface area (Å²) in [6, 6.07) is 8.88. The Kier molecular flexibility index (Phi) is 4.85. The van der Waals surface area contributed by atoms with E-state index >= 15 is 0 Å². The van der Waals surface area contributed by atoms with Gasteiger partial charge in [0.15, 0.2) is 0 Å². The molecule has 0 radical (unpaired) electrons. The van der Waals surface area contributed by atoms with Gasteiger partial charge in [-0.05, 0) is 65.6 Å². The summed E-state index contributed by atoms with van der Waals surface area (Å²) in [7, 11) is -3.55. The summed E-state index contributed by atoms with van der Waals surface area (Å²) < 4.78 is 28.2. The summed E-state index contributed by atoms with van der Waals surface area (Å²) in [6.07, 6.45) is 0.689. The van der Waals surface area contributed by atoms with Gasteiger partial charge >= 0.3 is 0 Å². The van der Waals surface area contributed by atoms with Crippen LogP contribution >= 0.6 is 27.3 Å². The first-order valence-electron chi connectivity index (χ1n) is 6.00. The van der Waals surface area contributed by atoms with Crippen molar-refractivity contribution in [1.82, 2.24) is 0 Å². The summed E-state index contributed by atoms with van der Waals surface area (Å²) in [4.78, 5) is 0.968. The van der Waals surface area contributed by atoms with Crippen molar-refractivity contribution in [2.75, 3.05) is 11.3 Å². The Morgan fingerprint density at radius 1 is 1.30 bits per heavy atom. The molecule has 0 spiro atoms. The van der Waals surface area contributed by atoms with E-state index in [9.17, 15) is 8.42 Å². The van der Waals surface area contributed by atoms with E-state index in [2.05, 4.69) is 20.7 Å². The highest BCUT2D eigenvalue weighted by molar-refractivity contribution is 9.10. The molecule has 0 fully saturated rings. The third kappa shape index (κ3) is 3.60. The third-order valence-corrected chi connectivity index (χ3v) is 6.32. The lowest BCUT2D eigenvalue weighted by molar-refractivity contribution is 0.603. The number of nitrogens with one attached hydrogen (secondary N) is 1. The second-order valence-corrected chi connectivity index (χ2v) is 8.28. The number of halogens is 1. The maximum atomic E-state index is 12.3. The van der Waals surface area contributed by atoms with Crippen LogP contribution < -0.4 is 10.5 Å². The second kappa shape index (κ2) is 6.26. The predicted molar refractivity (Wildman–Crippen MR) is 86.8 cm³/mol. The van der Waals surface area contributed by atoms with Gasteiger partial charge in [0.2, 0.25) is 0 Å². The van der Waals surface area contributed by atoms with Crippen LogP contribution in [0, 0.1) is 6.92 Å². The van der Waals surface area contributed by atoms with E-state index in [1.807, 2.05) is 19.1 Å². The van der Waals surface area contributed by atoms with Crippen molar-refractivity contribution >= 4 is 43.0 Å². The first-order chi connectivity index (χ1) is 9.42. The van der Waals surface area contributed by atoms with Crippen LogP contribution in [0.15, 0.2) is 39.0 Å². The molecule has 4 nitrogen and oxygen atoms in total. The number of rotatable bonds is 5. The number of hydrogen-bond donors (Lipinski definition) is 2. The van der Waals surface area contributed by atoms with Crippen LogP contribution in [0.3, 0.4) is 0 Å². The van der Waals surface area contributed by atoms with Crippen LogP contribution in [-0.2, 0) is 16.4 Å². The molecule has 0 unspecified atom stereocenters. The minimum absolute atomic E-state index is 0.299. The number of nitrogens with two attached hydrogens (primary N) is 1. The summed E-state index contributed by atoms with van der Waals surface area (Å²) in [5, 5.41) is 0. The first kappa shape index (κ1) is 15.5. The normalized spacial score (nSPS) is 11.6. The van der Waals surface area contributed by atoms with Crippen LogP contribution in [0.5, 0.6) is 0 Å². The van der Waals surface area contributed by atoms with Gasteiger partial charge in [0, 0.05) is 9.35 Å². The zero-order valence-corrected chi connectivity index (χ0v) is 14.1. The molecule has 108 valence electrons. The lowest BCUT2D eigenvalue weighted by atomic mass is 10.2. The highest BCUT2D eigenvalue weighted by Gasteiger charge is 2.18. The van der Waals surface area contributed by atoms with Crippen LogP contribution in [0.1, 0.15) is 10.4 Å². The molecule has 2 aromatic rings. The molecule has 0 aliphatic heterocycles. The molecule has 3 N–H and O–H groups in total. The van der Waals surface area contributed by atoms with Crippen molar-refractivity contribution in [3.8, 4) is 0 Å². The molecule has 1 aromatic carbocycles. The number of aryl methyl sites for hydroxylation is 1. The maximum absolute atomic E-state index is 12.3. The zero-order valence-electron chi connectivity index (χ0n) is 10.9. The molecule has 20 heavy (non-hydrogen) atoms. The number of anilines is 1. The average Bonchev–Trinajstić information content (AvgIpc) is 2.83. The van der Waals surface area contributed by atoms with E-state index in [-0.39, 0.29) is 0 Å². The Labute approximate surface area is 131 Å². The van der Waals surface area contributed by atoms with Crippen LogP contribution in [0.25, 0.3) is 0 Å². The van der Waals surface area contributed by atoms with Crippen LogP contribution in [-0.4, -0.2) is 15.0 Å². The summed E-state index contributed by atoms with van der Waals surface area (Å²) in [5.41, 5.74) is 7.06. The minimum Gasteiger partial charge on any atom is -0.330 e. The molecule has 2 rings (SSSR count). The van der Waals surface area contributed by atoms with Crippen molar-refractivity contribution in [2.45, 2.75) is 17.6 Å². The third-order valence-electron chi connectivity index (χ3n) is 2.66. The Morgan fingerprint density at radius 3 is 2.70 bits per heavy atom. The van der Waals surface area contributed by atoms with Crippen molar-refractivity contribution in [3.63, 3.8) is 0 Å². The number of sulfonamides is 1. The number of hydrogen-bond acceptors (Lipinski definition) is 4. The van der Waals surface area contributed by atoms with Crippen molar-refractivity contribution in [1.29, 1.82) is 0 Å².